The van der Waals surface area contributed by atoms with Crippen molar-refractivity contribution in [3.8, 4) is 6.07 Å². The largest absolute Gasteiger partial charge is 0.453 e. The molecule has 0 aliphatic carbocycles. The average molecular weight is 373 g/mol. The van der Waals surface area contributed by atoms with Crippen molar-refractivity contribution >= 4 is 33.4 Å². The SMILES string of the molecule is CC(C)[C@](C)(C#N)NC(=O)[C@H](C)OC(=O)CCc1nc2ccccc2s1. The first-order valence-electron chi connectivity index (χ1n) is 8.52. The van der Waals surface area contributed by atoms with Crippen molar-refractivity contribution < 1.29 is 14.3 Å². The van der Waals surface area contributed by atoms with Crippen molar-refractivity contribution in [1.29, 1.82) is 5.26 Å². The minimum atomic E-state index is -1.00. The van der Waals surface area contributed by atoms with Gasteiger partial charge in [0.25, 0.3) is 5.91 Å². The van der Waals surface area contributed by atoms with E-state index >= 15 is 0 Å². The Bertz CT molecular complexity index is 807. The Kier molecular flexibility index (Phi) is 6.32. The number of thiazole rings is 1. The maximum Gasteiger partial charge on any atom is 0.306 e. The van der Waals surface area contributed by atoms with Gasteiger partial charge in [0.05, 0.1) is 27.7 Å². The maximum atomic E-state index is 12.2. The Morgan fingerprint density at radius 3 is 2.65 bits per heavy atom. The van der Waals surface area contributed by atoms with Gasteiger partial charge < -0.3 is 10.1 Å². The van der Waals surface area contributed by atoms with E-state index in [-0.39, 0.29) is 12.3 Å². The third kappa shape index (κ3) is 4.79. The molecule has 1 aromatic carbocycles. The fraction of sp³-hybridized carbons (Fsp3) is 0.474. The number of fused-ring (bicyclic) bond motifs is 1. The number of hydrogen-bond donors (Lipinski definition) is 1. The molecule has 2 aromatic rings. The molecule has 0 bridgehead atoms. The number of para-hydroxylation sites is 1. The van der Waals surface area contributed by atoms with Crippen molar-refractivity contribution in [1.82, 2.24) is 10.3 Å². The van der Waals surface area contributed by atoms with Crippen LogP contribution in [-0.2, 0) is 20.7 Å². The molecule has 26 heavy (non-hydrogen) atoms. The highest BCUT2D eigenvalue weighted by Gasteiger charge is 2.32. The number of nitriles is 1. The lowest BCUT2D eigenvalue weighted by molar-refractivity contribution is -0.155. The molecule has 6 nitrogen and oxygen atoms in total. The second-order valence-corrected chi connectivity index (χ2v) is 7.78. The molecule has 0 saturated heterocycles. The van der Waals surface area contributed by atoms with Gasteiger partial charge in [-0.3, -0.25) is 9.59 Å². The normalized spacial score (nSPS) is 14.5. The van der Waals surface area contributed by atoms with Gasteiger partial charge in [-0.2, -0.15) is 5.26 Å². The number of aryl methyl sites for hydroxylation is 1. The van der Waals surface area contributed by atoms with Crippen LogP contribution in [0.3, 0.4) is 0 Å². The molecule has 0 aliphatic rings. The maximum absolute atomic E-state index is 12.2. The van der Waals surface area contributed by atoms with E-state index in [2.05, 4.69) is 16.4 Å². The molecule has 0 radical (unpaired) electrons. The zero-order valence-electron chi connectivity index (χ0n) is 15.4. The highest BCUT2D eigenvalue weighted by molar-refractivity contribution is 7.18. The molecule has 138 valence electrons. The van der Waals surface area contributed by atoms with E-state index in [1.807, 2.05) is 38.1 Å². The van der Waals surface area contributed by atoms with Gasteiger partial charge in [0.2, 0.25) is 0 Å². The zero-order valence-corrected chi connectivity index (χ0v) is 16.2. The van der Waals surface area contributed by atoms with Crippen LogP contribution in [-0.4, -0.2) is 28.5 Å². The summed E-state index contributed by atoms with van der Waals surface area (Å²) < 4.78 is 6.27. The summed E-state index contributed by atoms with van der Waals surface area (Å²) in [4.78, 5) is 28.7. The number of amides is 1. The summed E-state index contributed by atoms with van der Waals surface area (Å²) in [6, 6.07) is 9.89. The average Bonchev–Trinajstić information content (AvgIpc) is 3.02. The van der Waals surface area contributed by atoms with E-state index in [0.717, 1.165) is 15.2 Å². The number of esters is 1. The first-order valence-corrected chi connectivity index (χ1v) is 9.34. The number of aromatic nitrogens is 1. The lowest BCUT2D eigenvalue weighted by atomic mass is 9.90. The summed E-state index contributed by atoms with van der Waals surface area (Å²) in [5.41, 5.74) is -0.0863. The summed E-state index contributed by atoms with van der Waals surface area (Å²) in [7, 11) is 0. The molecule has 2 rings (SSSR count). The number of hydrogen-bond acceptors (Lipinski definition) is 6. The summed E-state index contributed by atoms with van der Waals surface area (Å²) in [6.45, 7) is 6.84. The molecule has 1 amide bonds. The molecule has 1 heterocycles. The van der Waals surface area contributed by atoms with Gasteiger partial charge in [-0.05, 0) is 31.9 Å². The van der Waals surface area contributed by atoms with E-state index in [4.69, 9.17) is 4.74 Å². The van der Waals surface area contributed by atoms with Crippen LogP contribution in [0.4, 0.5) is 0 Å². The van der Waals surface area contributed by atoms with Crippen LogP contribution in [0.1, 0.15) is 39.1 Å². The third-order valence-electron chi connectivity index (χ3n) is 4.33. The minimum Gasteiger partial charge on any atom is -0.453 e. The Morgan fingerprint density at radius 2 is 2.04 bits per heavy atom. The summed E-state index contributed by atoms with van der Waals surface area (Å²) in [5.74, 6) is -1.01. The van der Waals surface area contributed by atoms with Crippen molar-refractivity contribution in [2.75, 3.05) is 0 Å². The molecule has 0 unspecified atom stereocenters. The number of rotatable bonds is 7. The second kappa shape index (κ2) is 8.28. The molecular weight excluding hydrogens is 350 g/mol. The number of carbonyl (C=O) groups excluding carboxylic acids is 2. The van der Waals surface area contributed by atoms with Crippen LogP contribution in [0, 0.1) is 17.2 Å². The van der Waals surface area contributed by atoms with Crippen molar-refractivity contribution in [2.45, 2.75) is 52.2 Å². The molecule has 0 fully saturated rings. The van der Waals surface area contributed by atoms with E-state index in [1.54, 1.807) is 18.3 Å². The third-order valence-corrected chi connectivity index (χ3v) is 5.42. The molecule has 1 N–H and O–H groups in total. The number of nitrogens with zero attached hydrogens (tertiary/aromatic N) is 2. The number of benzene rings is 1. The summed E-state index contributed by atoms with van der Waals surface area (Å²) in [6.07, 6.45) is -0.338. The molecule has 0 aliphatic heterocycles. The molecule has 1 aromatic heterocycles. The molecule has 7 heteroatoms. The van der Waals surface area contributed by atoms with Crippen LogP contribution >= 0.6 is 11.3 Å². The first-order chi connectivity index (χ1) is 12.2. The van der Waals surface area contributed by atoms with Gasteiger partial charge in [-0.25, -0.2) is 4.98 Å². The number of ether oxygens (including phenoxy) is 1. The fourth-order valence-electron chi connectivity index (χ4n) is 2.20. The van der Waals surface area contributed by atoms with Crippen molar-refractivity contribution in [3.05, 3.63) is 29.3 Å². The quantitative estimate of drug-likeness (QED) is 0.752. The molecule has 2 atom stereocenters. The number of carbonyl (C=O) groups is 2. The summed E-state index contributed by atoms with van der Waals surface area (Å²) >= 11 is 1.54. The number of nitrogens with one attached hydrogen (secondary N) is 1. The molecule has 0 saturated carbocycles. The highest BCUT2D eigenvalue weighted by atomic mass is 32.1. The Hall–Kier alpha value is -2.46. The smallest absolute Gasteiger partial charge is 0.306 e. The van der Waals surface area contributed by atoms with Crippen LogP contribution in [0.15, 0.2) is 24.3 Å². The molecular formula is C19H23N3O3S. The van der Waals surface area contributed by atoms with Crippen LogP contribution in [0.25, 0.3) is 10.2 Å². The van der Waals surface area contributed by atoms with Crippen molar-refractivity contribution in [2.24, 2.45) is 5.92 Å². The summed E-state index contributed by atoms with van der Waals surface area (Å²) in [5, 5.41) is 12.8. The van der Waals surface area contributed by atoms with E-state index in [0.29, 0.717) is 6.42 Å². The Labute approximate surface area is 157 Å². The van der Waals surface area contributed by atoms with Gasteiger partial charge in [0, 0.05) is 6.42 Å². The monoisotopic (exact) mass is 373 g/mol. The van der Waals surface area contributed by atoms with Gasteiger partial charge in [0.1, 0.15) is 5.54 Å². The van der Waals surface area contributed by atoms with Gasteiger partial charge in [0.15, 0.2) is 6.10 Å². The van der Waals surface area contributed by atoms with Crippen LogP contribution < -0.4 is 5.32 Å². The van der Waals surface area contributed by atoms with Gasteiger partial charge in [-0.1, -0.05) is 26.0 Å². The van der Waals surface area contributed by atoms with Crippen LogP contribution in [0.2, 0.25) is 0 Å². The predicted molar refractivity (Wildman–Crippen MR) is 100 cm³/mol. The lowest BCUT2D eigenvalue weighted by Gasteiger charge is -2.28. The van der Waals surface area contributed by atoms with E-state index in [9.17, 15) is 14.9 Å². The van der Waals surface area contributed by atoms with E-state index in [1.165, 1.54) is 6.92 Å². The van der Waals surface area contributed by atoms with Gasteiger partial charge in [-0.15, -0.1) is 11.3 Å². The van der Waals surface area contributed by atoms with E-state index < -0.39 is 23.5 Å². The minimum absolute atomic E-state index is 0.0709. The van der Waals surface area contributed by atoms with Gasteiger partial charge >= 0.3 is 5.97 Å². The van der Waals surface area contributed by atoms with Crippen LogP contribution in [0.5, 0.6) is 0 Å². The van der Waals surface area contributed by atoms with Crippen molar-refractivity contribution in [3.63, 3.8) is 0 Å². The first kappa shape index (κ1) is 19.9. The predicted octanol–water partition coefficient (Wildman–Crippen LogP) is 3.22. The lowest BCUT2D eigenvalue weighted by Crippen LogP contribution is -2.52. The fourth-order valence-corrected chi connectivity index (χ4v) is 3.17. The Morgan fingerprint density at radius 1 is 1.35 bits per heavy atom. The second-order valence-electron chi connectivity index (χ2n) is 6.67. The Balaban J connectivity index is 1.86. The topological polar surface area (TPSA) is 92.1 Å². The molecule has 0 spiro atoms. The standard InChI is InChI=1S/C19H23N3O3S/c1-12(2)19(4,11-20)22-18(24)13(3)25-17(23)10-9-16-21-14-7-5-6-8-15(14)26-16/h5-8,12-13H,9-10H2,1-4H3,(H,22,24)/t13-,19-/m0/s1. The highest BCUT2D eigenvalue weighted by Crippen LogP contribution is 2.22. The zero-order chi connectivity index (χ0) is 19.3.